The standard InChI is InChI=1S/C12H19BrN2O2/c1-8(2)15-6-9(13)5-10(15)11(16)14-7-12(3,4)17/h5-6,8,17H,7H2,1-4H3,(H,14,16). The number of halogens is 1. The van der Waals surface area contributed by atoms with Gasteiger partial charge >= 0.3 is 0 Å². The highest BCUT2D eigenvalue weighted by Gasteiger charge is 2.18. The lowest BCUT2D eigenvalue weighted by Crippen LogP contribution is -2.38. The van der Waals surface area contributed by atoms with Crippen LogP contribution in [0.15, 0.2) is 16.7 Å². The third kappa shape index (κ3) is 4.16. The highest BCUT2D eigenvalue weighted by Crippen LogP contribution is 2.19. The molecule has 0 aliphatic carbocycles. The Morgan fingerprint density at radius 2 is 2.18 bits per heavy atom. The molecule has 0 bridgehead atoms. The Kier molecular flexibility index (Phi) is 4.38. The molecule has 0 unspecified atom stereocenters. The van der Waals surface area contributed by atoms with Gasteiger partial charge in [0, 0.05) is 23.3 Å². The largest absolute Gasteiger partial charge is 0.389 e. The van der Waals surface area contributed by atoms with E-state index in [1.807, 2.05) is 24.6 Å². The average Bonchev–Trinajstić information content (AvgIpc) is 2.55. The summed E-state index contributed by atoms with van der Waals surface area (Å²) < 4.78 is 2.77. The van der Waals surface area contributed by atoms with Gasteiger partial charge in [-0.15, -0.1) is 0 Å². The molecule has 0 aliphatic rings. The van der Waals surface area contributed by atoms with E-state index >= 15 is 0 Å². The predicted octanol–water partition coefficient (Wildman–Crippen LogP) is 2.33. The van der Waals surface area contributed by atoms with Gasteiger partial charge in [-0.05, 0) is 49.7 Å². The van der Waals surface area contributed by atoms with Crippen molar-refractivity contribution in [2.24, 2.45) is 0 Å². The maximum absolute atomic E-state index is 12.0. The molecule has 2 N–H and O–H groups in total. The van der Waals surface area contributed by atoms with E-state index in [-0.39, 0.29) is 18.5 Å². The van der Waals surface area contributed by atoms with E-state index in [1.165, 1.54) is 0 Å². The summed E-state index contributed by atoms with van der Waals surface area (Å²) in [6.07, 6.45) is 1.88. The molecule has 0 saturated carbocycles. The van der Waals surface area contributed by atoms with Gasteiger partial charge in [0.1, 0.15) is 5.69 Å². The molecule has 0 aliphatic heterocycles. The van der Waals surface area contributed by atoms with Crippen LogP contribution in [-0.4, -0.2) is 27.7 Å². The fourth-order valence-electron chi connectivity index (χ4n) is 1.44. The minimum absolute atomic E-state index is 0.175. The first-order chi connectivity index (χ1) is 7.70. The third-order valence-electron chi connectivity index (χ3n) is 2.29. The van der Waals surface area contributed by atoms with Crippen LogP contribution in [0.1, 0.15) is 44.2 Å². The minimum atomic E-state index is -0.901. The topological polar surface area (TPSA) is 54.3 Å². The molecule has 0 aromatic carbocycles. The van der Waals surface area contributed by atoms with Gasteiger partial charge < -0.3 is 15.0 Å². The second kappa shape index (κ2) is 5.23. The second-order valence-electron chi connectivity index (χ2n) is 5.04. The van der Waals surface area contributed by atoms with E-state index < -0.39 is 5.60 Å². The molecule has 4 nitrogen and oxygen atoms in total. The van der Waals surface area contributed by atoms with Crippen LogP contribution in [0.2, 0.25) is 0 Å². The summed E-state index contributed by atoms with van der Waals surface area (Å²) in [6.45, 7) is 7.57. The van der Waals surface area contributed by atoms with Gasteiger partial charge in [0.05, 0.1) is 5.60 Å². The highest BCUT2D eigenvalue weighted by molar-refractivity contribution is 9.10. The molecule has 1 rings (SSSR count). The average molecular weight is 303 g/mol. The lowest BCUT2D eigenvalue weighted by Gasteiger charge is -2.18. The number of carbonyl (C=O) groups excluding carboxylic acids is 1. The van der Waals surface area contributed by atoms with Crippen molar-refractivity contribution in [1.82, 2.24) is 9.88 Å². The molecule has 1 aromatic rings. The third-order valence-corrected chi connectivity index (χ3v) is 2.72. The SMILES string of the molecule is CC(C)n1cc(Br)cc1C(=O)NCC(C)(C)O. The summed E-state index contributed by atoms with van der Waals surface area (Å²) in [5.74, 6) is -0.175. The number of nitrogens with zero attached hydrogens (tertiary/aromatic N) is 1. The van der Waals surface area contributed by atoms with Crippen molar-refractivity contribution in [2.45, 2.75) is 39.3 Å². The Morgan fingerprint density at radius 3 is 2.65 bits per heavy atom. The van der Waals surface area contributed by atoms with Crippen LogP contribution in [0.5, 0.6) is 0 Å². The van der Waals surface area contributed by atoms with Crippen molar-refractivity contribution in [2.75, 3.05) is 6.54 Å². The van der Waals surface area contributed by atoms with Gasteiger partial charge in [0.2, 0.25) is 0 Å². The van der Waals surface area contributed by atoms with E-state index in [4.69, 9.17) is 0 Å². The maximum atomic E-state index is 12.0. The summed E-state index contributed by atoms with van der Waals surface area (Å²) in [5.41, 5.74) is -0.307. The Labute approximate surface area is 110 Å². The number of nitrogens with one attached hydrogen (secondary N) is 1. The predicted molar refractivity (Wildman–Crippen MR) is 71.1 cm³/mol. The first-order valence-corrected chi connectivity index (χ1v) is 6.38. The molecule has 1 aromatic heterocycles. The molecule has 0 atom stereocenters. The fourth-order valence-corrected chi connectivity index (χ4v) is 1.88. The zero-order valence-corrected chi connectivity index (χ0v) is 12.2. The van der Waals surface area contributed by atoms with Crippen LogP contribution in [0, 0.1) is 0 Å². The van der Waals surface area contributed by atoms with Crippen molar-refractivity contribution in [3.05, 3.63) is 22.4 Å². The number of amides is 1. The molecule has 0 radical (unpaired) electrons. The number of rotatable bonds is 4. The quantitative estimate of drug-likeness (QED) is 0.897. The molecular formula is C12H19BrN2O2. The Bertz CT molecular complexity index is 405. The smallest absolute Gasteiger partial charge is 0.268 e. The highest BCUT2D eigenvalue weighted by atomic mass is 79.9. The zero-order valence-electron chi connectivity index (χ0n) is 10.6. The first-order valence-electron chi connectivity index (χ1n) is 5.58. The van der Waals surface area contributed by atoms with Crippen molar-refractivity contribution in [3.63, 3.8) is 0 Å². The maximum Gasteiger partial charge on any atom is 0.268 e. The number of carbonyl (C=O) groups is 1. The van der Waals surface area contributed by atoms with Crippen LogP contribution in [0.4, 0.5) is 0 Å². The second-order valence-corrected chi connectivity index (χ2v) is 5.96. The Hall–Kier alpha value is -0.810. The number of aliphatic hydroxyl groups is 1. The summed E-state index contributed by atoms with van der Waals surface area (Å²) in [7, 11) is 0. The van der Waals surface area contributed by atoms with Gasteiger partial charge in [-0.2, -0.15) is 0 Å². The summed E-state index contributed by atoms with van der Waals surface area (Å²) in [5, 5.41) is 12.3. The molecule has 96 valence electrons. The van der Waals surface area contributed by atoms with Crippen LogP contribution in [-0.2, 0) is 0 Å². The summed E-state index contributed by atoms with van der Waals surface area (Å²) in [4.78, 5) is 12.0. The van der Waals surface area contributed by atoms with Crippen molar-refractivity contribution < 1.29 is 9.90 Å². The molecule has 5 heteroatoms. The minimum Gasteiger partial charge on any atom is -0.389 e. The summed E-state index contributed by atoms with van der Waals surface area (Å²) >= 11 is 3.36. The molecular weight excluding hydrogens is 284 g/mol. The van der Waals surface area contributed by atoms with Crippen molar-refractivity contribution >= 4 is 21.8 Å². The van der Waals surface area contributed by atoms with Crippen LogP contribution >= 0.6 is 15.9 Å². The summed E-state index contributed by atoms with van der Waals surface area (Å²) in [6, 6.07) is 1.99. The van der Waals surface area contributed by atoms with E-state index in [9.17, 15) is 9.90 Å². The van der Waals surface area contributed by atoms with Gasteiger partial charge in [-0.1, -0.05) is 0 Å². The number of aromatic nitrogens is 1. The lowest BCUT2D eigenvalue weighted by atomic mass is 10.1. The van der Waals surface area contributed by atoms with Gasteiger partial charge in [-0.3, -0.25) is 4.79 Å². The van der Waals surface area contributed by atoms with E-state index in [2.05, 4.69) is 21.2 Å². The Morgan fingerprint density at radius 1 is 1.59 bits per heavy atom. The molecule has 0 spiro atoms. The lowest BCUT2D eigenvalue weighted by molar-refractivity contribution is 0.0689. The molecule has 1 amide bonds. The van der Waals surface area contributed by atoms with E-state index in [0.717, 1.165) is 4.47 Å². The van der Waals surface area contributed by atoms with Gasteiger partial charge in [-0.25, -0.2) is 0 Å². The molecule has 17 heavy (non-hydrogen) atoms. The normalized spacial score (nSPS) is 11.9. The zero-order chi connectivity index (χ0) is 13.2. The van der Waals surface area contributed by atoms with Gasteiger partial charge in [0.25, 0.3) is 5.91 Å². The molecule has 1 heterocycles. The van der Waals surface area contributed by atoms with E-state index in [0.29, 0.717) is 5.69 Å². The molecule has 0 fully saturated rings. The number of hydrogen-bond acceptors (Lipinski definition) is 2. The van der Waals surface area contributed by atoms with Crippen LogP contribution in [0.3, 0.4) is 0 Å². The van der Waals surface area contributed by atoms with Gasteiger partial charge in [0.15, 0.2) is 0 Å². The van der Waals surface area contributed by atoms with Crippen molar-refractivity contribution in [3.8, 4) is 0 Å². The monoisotopic (exact) mass is 302 g/mol. The number of hydrogen-bond donors (Lipinski definition) is 2. The first kappa shape index (κ1) is 14.3. The Balaban J connectivity index is 2.82. The fraction of sp³-hybridized carbons (Fsp3) is 0.583. The van der Waals surface area contributed by atoms with E-state index in [1.54, 1.807) is 19.9 Å². The van der Waals surface area contributed by atoms with Crippen LogP contribution < -0.4 is 5.32 Å². The molecule has 0 saturated heterocycles. The van der Waals surface area contributed by atoms with Crippen LogP contribution in [0.25, 0.3) is 0 Å². The van der Waals surface area contributed by atoms with Crippen molar-refractivity contribution in [1.29, 1.82) is 0 Å².